The van der Waals surface area contributed by atoms with Gasteiger partial charge in [-0.05, 0) is 42.0 Å². The number of aromatic nitrogens is 1. The lowest BCUT2D eigenvalue weighted by atomic mass is 10.00. The maximum Gasteiger partial charge on any atom is 0.135 e. The van der Waals surface area contributed by atoms with Crippen LogP contribution in [-0.4, -0.2) is 4.57 Å². The van der Waals surface area contributed by atoms with E-state index in [-0.39, 0.29) is 0 Å². The number of benzene rings is 5. The van der Waals surface area contributed by atoms with Crippen molar-refractivity contribution in [2.45, 2.75) is 0 Å². The SMILES string of the molecule is c1ccc(-n2c3ccccc3c3cccc(-c4ccc5oc6ccccc6c5c4)c32)cc1. The monoisotopic (exact) mass is 409 g/mol. The summed E-state index contributed by atoms with van der Waals surface area (Å²) in [5.74, 6) is 0. The van der Waals surface area contributed by atoms with Gasteiger partial charge < -0.3 is 8.98 Å². The van der Waals surface area contributed by atoms with Crippen molar-refractivity contribution in [1.82, 2.24) is 4.57 Å². The van der Waals surface area contributed by atoms with E-state index < -0.39 is 0 Å². The van der Waals surface area contributed by atoms with Gasteiger partial charge >= 0.3 is 0 Å². The largest absolute Gasteiger partial charge is 0.456 e. The molecule has 0 aliphatic carbocycles. The molecule has 0 bridgehead atoms. The molecule has 0 fully saturated rings. The minimum Gasteiger partial charge on any atom is -0.456 e. The molecule has 5 aromatic carbocycles. The van der Waals surface area contributed by atoms with Crippen LogP contribution in [0.4, 0.5) is 0 Å². The van der Waals surface area contributed by atoms with Crippen molar-refractivity contribution < 1.29 is 4.42 Å². The molecule has 32 heavy (non-hydrogen) atoms. The second kappa shape index (κ2) is 6.60. The van der Waals surface area contributed by atoms with Crippen molar-refractivity contribution in [2.75, 3.05) is 0 Å². The minimum absolute atomic E-state index is 0.922. The Morgan fingerprint density at radius 1 is 0.500 bits per heavy atom. The molecule has 0 atom stereocenters. The highest BCUT2D eigenvalue weighted by Crippen LogP contribution is 2.39. The van der Waals surface area contributed by atoms with Gasteiger partial charge in [0.25, 0.3) is 0 Å². The van der Waals surface area contributed by atoms with Gasteiger partial charge in [0.1, 0.15) is 11.2 Å². The Bertz CT molecular complexity index is 1770. The Hall–Kier alpha value is -4.30. The van der Waals surface area contributed by atoms with Crippen LogP contribution >= 0.6 is 0 Å². The van der Waals surface area contributed by atoms with E-state index in [4.69, 9.17) is 4.42 Å². The molecule has 0 aliphatic heterocycles. The topological polar surface area (TPSA) is 18.1 Å². The zero-order valence-electron chi connectivity index (χ0n) is 17.3. The molecule has 0 aliphatic rings. The average molecular weight is 409 g/mol. The Morgan fingerprint density at radius 3 is 2.12 bits per heavy atom. The number of hydrogen-bond acceptors (Lipinski definition) is 1. The summed E-state index contributed by atoms with van der Waals surface area (Å²) in [4.78, 5) is 0. The van der Waals surface area contributed by atoms with Crippen molar-refractivity contribution in [1.29, 1.82) is 0 Å². The van der Waals surface area contributed by atoms with E-state index in [1.807, 2.05) is 12.1 Å². The van der Waals surface area contributed by atoms with E-state index in [1.54, 1.807) is 0 Å². The maximum absolute atomic E-state index is 6.07. The first-order valence-electron chi connectivity index (χ1n) is 10.9. The fourth-order valence-electron chi connectivity index (χ4n) is 4.99. The third-order valence-electron chi connectivity index (χ3n) is 6.40. The molecule has 0 saturated heterocycles. The second-order valence-electron chi connectivity index (χ2n) is 8.20. The van der Waals surface area contributed by atoms with Crippen LogP contribution in [0.5, 0.6) is 0 Å². The lowest BCUT2D eigenvalue weighted by molar-refractivity contribution is 0.669. The molecule has 7 rings (SSSR count). The number of rotatable bonds is 2. The Labute approximate surface area is 184 Å². The molecule has 2 heteroatoms. The van der Waals surface area contributed by atoms with Crippen LogP contribution in [0.3, 0.4) is 0 Å². The molecule has 150 valence electrons. The number of fused-ring (bicyclic) bond motifs is 6. The number of nitrogens with zero attached hydrogens (tertiary/aromatic N) is 1. The van der Waals surface area contributed by atoms with Crippen molar-refractivity contribution in [3.05, 3.63) is 115 Å². The van der Waals surface area contributed by atoms with Gasteiger partial charge in [0.15, 0.2) is 0 Å². The molecule has 0 unspecified atom stereocenters. The lowest BCUT2D eigenvalue weighted by Crippen LogP contribution is -1.95. The maximum atomic E-state index is 6.07. The molecule has 0 amide bonds. The van der Waals surface area contributed by atoms with E-state index >= 15 is 0 Å². The van der Waals surface area contributed by atoms with E-state index in [0.717, 1.165) is 21.9 Å². The van der Waals surface area contributed by atoms with Crippen LogP contribution < -0.4 is 0 Å². The molecular formula is C30H19NO. The van der Waals surface area contributed by atoms with Crippen LogP contribution in [0.2, 0.25) is 0 Å². The summed E-state index contributed by atoms with van der Waals surface area (Å²) >= 11 is 0. The Morgan fingerprint density at radius 2 is 1.22 bits per heavy atom. The van der Waals surface area contributed by atoms with Gasteiger partial charge in [-0.15, -0.1) is 0 Å². The standard InChI is InChI=1S/C30H19NO/c1-2-9-21(10-3-1)31-27-15-6-4-11-23(27)25-14-8-13-22(30(25)31)20-17-18-29-26(19-20)24-12-5-7-16-28(24)32-29/h1-19H. The minimum atomic E-state index is 0.922. The number of para-hydroxylation sites is 4. The van der Waals surface area contributed by atoms with E-state index in [2.05, 4.69) is 108 Å². The van der Waals surface area contributed by atoms with Gasteiger partial charge in [0.05, 0.1) is 11.0 Å². The summed E-state index contributed by atoms with van der Waals surface area (Å²) in [7, 11) is 0. The highest BCUT2D eigenvalue weighted by atomic mass is 16.3. The zero-order chi connectivity index (χ0) is 21.1. The van der Waals surface area contributed by atoms with Crippen molar-refractivity contribution in [3.8, 4) is 16.8 Å². The first-order valence-corrected chi connectivity index (χ1v) is 10.9. The Kier molecular flexibility index (Phi) is 3.58. The normalized spacial score (nSPS) is 11.8. The third kappa shape index (κ3) is 2.41. The van der Waals surface area contributed by atoms with Crippen LogP contribution in [0, 0.1) is 0 Å². The lowest BCUT2D eigenvalue weighted by Gasteiger charge is -2.11. The van der Waals surface area contributed by atoms with Gasteiger partial charge in [0, 0.05) is 32.8 Å². The van der Waals surface area contributed by atoms with E-state index in [9.17, 15) is 0 Å². The zero-order valence-corrected chi connectivity index (χ0v) is 17.3. The van der Waals surface area contributed by atoms with Crippen LogP contribution in [-0.2, 0) is 0 Å². The summed E-state index contributed by atoms with van der Waals surface area (Å²) in [6.45, 7) is 0. The molecule has 0 radical (unpaired) electrons. The third-order valence-corrected chi connectivity index (χ3v) is 6.40. The second-order valence-corrected chi connectivity index (χ2v) is 8.20. The fourth-order valence-corrected chi connectivity index (χ4v) is 4.99. The van der Waals surface area contributed by atoms with Gasteiger partial charge in [-0.2, -0.15) is 0 Å². The Balaban J connectivity index is 1.61. The first-order chi connectivity index (χ1) is 15.9. The van der Waals surface area contributed by atoms with Crippen molar-refractivity contribution >= 4 is 43.7 Å². The highest BCUT2D eigenvalue weighted by Gasteiger charge is 2.17. The predicted molar refractivity (Wildman–Crippen MR) is 133 cm³/mol. The summed E-state index contributed by atoms with van der Waals surface area (Å²) in [5.41, 5.74) is 7.87. The van der Waals surface area contributed by atoms with Gasteiger partial charge in [-0.1, -0.05) is 78.9 Å². The van der Waals surface area contributed by atoms with Gasteiger partial charge in [-0.25, -0.2) is 0 Å². The molecule has 0 N–H and O–H groups in total. The average Bonchev–Trinajstić information content (AvgIpc) is 3.40. The molecule has 0 saturated carbocycles. The van der Waals surface area contributed by atoms with Crippen LogP contribution in [0.25, 0.3) is 60.6 Å². The van der Waals surface area contributed by atoms with Crippen LogP contribution in [0.1, 0.15) is 0 Å². The highest BCUT2D eigenvalue weighted by molar-refractivity contribution is 6.14. The van der Waals surface area contributed by atoms with Crippen molar-refractivity contribution in [2.24, 2.45) is 0 Å². The summed E-state index contributed by atoms with van der Waals surface area (Å²) < 4.78 is 8.45. The predicted octanol–water partition coefficient (Wildman–Crippen LogP) is 8.35. The smallest absolute Gasteiger partial charge is 0.135 e. The molecule has 7 aromatic rings. The van der Waals surface area contributed by atoms with Gasteiger partial charge in [0.2, 0.25) is 0 Å². The molecular weight excluding hydrogens is 390 g/mol. The summed E-state index contributed by atoms with van der Waals surface area (Å²) in [5, 5.41) is 4.83. The van der Waals surface area contributed by atoms with Crippen molar-refractivity contribution in [3.63, 3.8) is 0 Å². The molecule has 2 heterocycles. The summed E-state index contributed by atoms with van der Waals surface area (Å²) in [6, 6.07) is 40.7. The van der Waals surface area contributed by atoms with E-state index in [1.165, 1.54) is 38.6 Å². The first kappa shape index (κ1) is 17.4. The molecule has 2 nitrogen and oxygen atoms in total. The fraction of sp³-hybridized carbons (Fsp3) is 0. The quantitative estimate of drug-likeness (QED) is 0.280. The summed E-state index contributed by atoms with van der Waals surface area (Å²) in [6.07, 6.45) is 0. The van der Waals surface area contributed by atoms with E-state index in [0.29, 0.717) is 0 Å². The number of hydrogen-bond donors (Lipinski definition) is 0. The molecule has 2 aromatic heterocycles. The molecule has 0 spiro atoms. The van der Waals surface area contributed by atoms with Crippen LogP contribution in [0.15, 0.2) is 120 Å². The number of furan rings is 1. The van der Waals surface area contributed by atoms with Gasteiger partial charge in [-0.3, -0.25) is 0 Å².